The van der Waals surface area contributed by atoms with Crippen molar-refractivity contribution in [2.45, 2.75) is 25.2 Å². The zero-order valence-corrected chi connectivity index (χ0v) is 16.2. The minimum atomic E-state index is -0.929. The van der Waals surface area contributed by atoms with Crippen LogP contribution >= 0.6 is 0 Å². The predicted molar refractivity (Wildman–Crippen MR) is 105 cm³/mol. The van der Waals surface area contributed by atoms with Crippen LogP contribution < -0.4 is 9.47 Å². The summed E-state index contributed by atoms with van der Waals surface area (Å²) in [7, 11) is 3.16. The van der Waals surface area contributed by atoms with Crippen LogP contribution in [-0.4, -0.2) is 49.2 Å². The van der Waals surface area contributed by atoms with E-state index in [0.717, 1.165) is 30.5 Å². The van der Waals surface area contributed by atoms with Crippen molar-refractivity contribution in [2.75, 3.05) is 27.3 Å². The summed E-state index contributed by atoms with van der Waals surface area (Å²) in [4.78, 5) is 25.7. The van der Waals surface area contributed by atoms with E-state index in [1.54, 1.807) is 26.4 Å². The highest BCUT2D eigenvalue weighted by molar-refractivity contribution is 5.87. The van der Waals surface area contributed by atoms with Gasteiger partial charge in [-0.2, -0.15) is 0 Å². The van der Waals surface area contributed by atoms with Gasteiger partial charge in [0.05, 0.1) is 26.2 Å². The van der Waals surface area contributed by atoms with Crippen molar-refractivity contribution in [3.05, 3.63) is 59.2 Å². The van der Waals surface area contributed by atoms with Crippen molar-refractivity contribution in [2.24, 2.45) is 0 Å². The van der Waals surface area contributed by atoms with Gasteiger partial charge in [0.25, 0.3) is 0 Å². The Morgan fingerprint density at radius 2 is 1.79 bits per heavy atom. The van der Waals surface area contributed by atoms with Gasteiger partial charge >= 0.3 is 5.97 Å². The van der Waals surface area contributed by atoms with Gasteiger partial charge in [-0.1, -0.05) is 18.2 Å². The average molecular weight is 383 g/mol. The third-order valence-electron chi connectivity index (χ3n) is 5.21. The number of carbonyl (C=O) groups is 2. The summed E-state index contributed by atoms with van der Waals surface area (Å²) in [6, 6.07) is 12.5. The van der Waals surface area contributed by atoms with Crippen LogP contribution in [0.25, 0.3) is 0 Å². The van der Waals surface area contributed by atoms with Crippen molar-refractivity contribution >= 4 is 11.9 Å². The van der Waals surface area contributed by atoms with E-state index < -0.39 is 5.97 Å². The molecule has 1 fully saturated rings. The predicted octanol–water partition coefficient (Wildman–Crippen LogP) is 3.35. The minimum absolute atomic E-state index is 0.0825. The van der Waals surface area contributed by atoms with Gasteiger partial charge in [0.1, 0.15) is 0 Å². The molecule has 2 aromatic rings. The van der Waals surface area contributed by atoms with Crippen molar-refractivity contribution in [1.82, 2.24) is 4.90 Å². The summed E-state index contributed by atoms with van der Waals surface area (Å²) in [6.45, 7) is 1.40. The molecule has 0 saturated carbocycles. The molecule has 1 saturated heterocycles. The third-order valence-corrected chi connectivity index (χ3v) is 5.21. The lowest BCUT2D eigenvalue weighted by Crippen LogP contribution is -2.39. The summed E-state index contributed by atoms with van der Waals surface area (Å²) in [5.74, 6) is 0.635. The van der Waals surface area contributed by atoms with Crippen molar-refractivity contribution in [3.8, 4) is 11.5 Å². The molecule has 1 atom stereocenters. The van der Waals surface area contributed by atoms with Gasteiger partial charge in [-0.05, 0) is 48.2 Å². The maximum Gasteiger partial charge on any atom is 0.335 e. The van der Waals surface area contributed by atoms with Crippen LogP contribution in [0.15, 0.2) is 42.5 Å². The molecule has 148 valence electrons. The Morgan fingerprint density at radius 1 is 1.07 bits per heavy atom. The largest absolute Gasteiger partial charge is 0.493 e. The van der Waals surface area contributed by atoms with E-state index in [2.05, 4.69) is 0 Å². The van der Waals surface area contributed by atoms with Crippen molar-refractivity contribution in [3.63, 3.8) is 0 Å². The van der Waals surface area contributed by atoms with Gasteiger partial charge in [0.2, 0.25) is 5.91 Å². The van der Waals surface area contributed by atoms with E-state index in [4.69, 9.17) is 14.6 Å². The van der Waals surface area contributed by atoms with Crippen LogP contribution in [0.5, 0.6) is 11.5 Å². The fourth-order valence-electron chi connectivity index (χ4n) is 3.65. The summed E-state index contributed by atoms with van der Waals surface area (Å²) in [5, 5.41) is 9.04. The highest BCUT2D eigenvalue weighted by Gasteiger charge is 2.25. The number of carboxylic acid groups (broad SMARTS) is 1. The van der Waals surface area contributed by atoms with Gasteiger partial charge in [-0.15, -0.1) is 0 Å². The van der Waals surface area contributed by atoms with Gasteiger partial charge in [-0.3, -0.25) is 4.79 Å². The van der Waals surface area contributed by atoms with E-state index in [0.29, 0.717) is 24.5 Å². The lowest BCUT2D eigenvalue weighted by atomic mass is 9.90. The molecule has 6 heteroatoms. The number of carbonyl (C=O) groups excluding carboxylic acids is 1. The molecular weight excluding hydrogens is 358 g/mol. The Morgan fingerprint density at radius 3 is 2.43 bits per heavy atom. The Balaban J connectivity index is 1.66. The molecule has 3 rings (SSSR count). The normalized spacial score (nSPS) is 16.5. The Labute approximate surface area is 164 Å². The average Bonchev–Trinajstić information content (AvgIpc) is 2.73. The van der Waals surface area contributed by atoms with E-state index in [1.165, 1.54) is 0 Å². The zero-order valence-electron chi connectivity index (χ0n) is 16.2. The van der Waals surface area contributed by atoms with Crippen LogP contribution in [-0.2, 0) is 11.2 Å². The lowest BCUT2D eigenvalue weighted by molar-refractivity contribution is -0.131. The molecule has 1 unspecified atom stereocenters. The number of hydrogen-bond donors (Lipinski definition) is 1. The standard InChI is InChI=1S/C22H25NO5/c1-27-19-10-5-15(12-20(19)28-2)13-21(24)23-11-3-4-18(14-23)16-6-8-17(9-7-16)22(25)26/h5-10,12,18H,3-4,11,13-14H2,1-2H3,(H,25,26). The second-order valence-corrected chi connectivity index (χ2v) is 6.97. The maximum atomic E-state index is 12.8. The molecule has 0 aliphatic carbocycles. The molecular formula is C22H25NO5. The van der Waals surface area contributed by atoms with E-state index in [9.17, 15) is 9.59 Å². The summed E-state index contributed by atoms with van der Waals surface area (Å²) in [5.41, 5.74) is 2.24. The first-order valence-electron chi connectivity index (χ1n) is 9.33. The van der Waals surface area contributed by atoms with Gasteiger partial charge in [0.15, 0.2) is 11.5 Å². The maximum absolute atomic E-state index is 12.8. The fourth-order valence-corrected chi connectivity index (χ4v) is 3.65. The van der Waals surface area contributed by atoms with E-state index in [-0.39, 0.29) is 17.4 Å². The van der Waals surface area contributed by atoms with Crippen LogP contribution in [0.3, 0.4) is 0 Å². The number of nitrogens with zero attached hydrogens (tertiary/aromatic N) is 1. The first-order valence-corrected chi connectivity index (χ1v) is 9.33. The van der Waals surface area contributed by atoms with Crippen LogP contribution in [0, 0.1) is 0 Å². The van der Waals surface area contributed by atoms with Gasteiger partial charge < -0.3 is 19.5 Å². The summed E-state index contributed by atoms with van der Waals surface area (Å²) in [6.07, 6.45) is 2.24. The summed E-state index contributed by atoms with van der Waals surface area (Å²) < 4.78 is 10.6. The molecule has 1 N–H and O–H groups in total. The van der Waals surface area contributed by atoms with E-state index >= 15 is 0 Å². The summed E-state index contributed by atoms with van der Waals surface area (Å²) >= 11 is 0. The molecule has 0 bridgehead atoms. The molecule has 0 aromatic heterocycles. The monoisotopic (exact) mass is 383 g/mol. The first kappa shape index (κ1) is 19.7. The van der Waals surface area contributed by atoms with Crippen LogP contribution in [0.4, 0.5) is 0 Å². The van der Waals surface area contributed by atoms with Crippen LogP contribution in [0.2, 0.25) is 0 Å². The molecule has 1 amide bonds. The molecule has 1 aliphatic rings. The molecule has 6 nitrogen and oxygen atoms in total. The lowest BCUT2D eigenvalue weighted by Gasteiger charge is -2.33. The highest BCUT2D eigenvalue weighted by atomic mass is 16.5. The second kappa shape index (κ2) is 8.78. The van der Waals surface area contributed by atoms with E-state index in [1.807, 2.05) is 35.2 Å². The SMILES string of the molecule is COc1ccc(CC(=O)N2CCCC(c3ccc(C(=O)O)cc3)C2)cc1OC. The number of hydrogen-bond acceptors (Lipinski definition) is 4. The van der Waals surface area contributed by atoms with Crippen LogP contribution in [0.1, 0.15) is 40.2 Å². The number of aromatic carboxylic acids is 1. The minimum Gasteiger partial charge on any atom is -0.493 e. The number of carboxylic acids is 1. The van der Waals surface area contributed by atoms with Crippen molar-refractivity contribution < 1.29 is 24.2 Å². The Bertz CT molecular complexity index is 847. The number of rotatable bonds is 6. The van der Waals surface area contributed by atoms with Gasteiger partial charge in [-0.25, -0.2) is 4.79 Å². The highest BCUT2D eigenvalue weighted by Crippen LogP contribution is 2.30. The van der Waals surface area contributed by atoms with Crippen molar-refractivity contribution in [1.29, 1.82) is 0 Å². The molecule has 0 radical (unpaired) electrons. The number of benzene rings is 2. The molecule has 1 aliphatic heterocycles. The zero-order chi connectivity index (χ0) is 20.1. The first-order chi connectivity index (χ1) is 13.5. The second-order valence-electron chi connectivity index (χ2n) is 6.97. The topological polar surface area (TPSA) is 76.1 Å². The number of piperidine rings is 1. The number of ether oxygens (including phenoxy) is 2. The quantitative estimate of drug-likeness (QED) is 0.828. The smallest absolute Gasteiger partial charge is 0.335 e. The number of methoxy groups -OCH3 is 2. The Kier molecular flexibility index (Phi) is 6.19. The molecule has 1 heterocycles. The number of amides is 1. The number of likely N-dealkylation sites (tertiary alicyclic amines) is 1. The molecule has 2 aromatic carbocycles. The molecule has 28 heavy (non-hydrogen) atoms. The Hall–Kier alpha value is -3.02. The molecule has 0 spiro atoms. The fraction of sp³-hybridized carbons (Fsp3) is 0.364. The van der Waals surface area contributed by atoms with Gasteiger partial charge in [0, 0.05) is 19.0 Å². The third kappa shape index (κ3) is 4.44.